The molecule has 2 N–H and O–H groups in total. The van der Waals surface area contributed by atoms with Gasteiger partial charge in [0.1, 0.15) is 11.5 Å². The standard InChI is InChI=1S/C24H34N2O3/c1-4-5-6-7-8-15-28-22-13-10-12-21(17-22)26-24(27)18-25-20-11-9-14-23(16-20)29-19(2)3/h9-14,16-17,19,25H,4-8,15,18H2,1-3H3,(H,26,27). The third-order valence-electron chi connectivity index (χ3n) is 4.29. The van der Waals surface area contributed by atoms with Gasteiger partial charge in [-0.05, 0) is 44.5 Å². The van der Waals surface area contributed by atoms with Gasteiger partial charge in [0.2, 0.25) is 5.91 Å². The van der Waals surface area contributed by atoms with Crippen molar-refractivity contribution in [2.24, 2.45) is 0 Å². The van der Waals surface area contributed by atoms with Crippen LogP contribution in [0.25, 0.3) is 0 Å². The summed E-state index contributed by atoms with van der Waals surface area (Å²) in [5.41, 5.74) is 1.58. The lowest BCUT2D eigenvalue weighted by atomic mass is 10.2. The highest BCUT2D eigenvalue weighted by molar-refractivity contribution is 5.93. The average Bonchev–Trinajstić information content (AvgIpc) is 2.69. The minimum Gasteiger partial charge on any atom is -0.494 e. The van der Waals surface area contributed by atoms with E-state index in [1.807, 2.05) is 62.4 Å². The summed E-state index contributed by atoms with van der Waals surface area (Å²) in [4.78, 5) is 12.3. The van der Waals surface area contributed by atoms with Gasteiger partial charge in [0.15, 0.2) is 0 Å². The van der Waals surface area contributed by atoms with Crippen molar-refractivity contribution in [3.8, 4) is 11.5 Å². The Morgan fingerprint density at radius 2 is 1.62 bits per heavy atom. The fraction of sp³-hybridized carbons (Fsp3) is 0.458. The zero-order valence-electron chi connectivity index (χ0n) is 17.9. The molecule has 0 aliphatic carbocycles. The van der Waals surface area contributed by atoms with Crippen molar-refractivity contribution >= 4 is 17.3 Å². The molecule has 0 saturated heterocycles. The molecule has 29 heavy (non-hydrogen) atoms. The molecule has 0 spiro atoms. The first-order chi connectivity index (χ1) is 14.1. The fourth-order valence-electron chi connectivity index (χ4n) is 2.90. The number of amides is 1. The van der Waals surface area contributed by atoms with Gasteiger partial charge in [0.25, 0.3) is 0 Å². The van der Waals surface area contributed by atoms with E-state index in [2.05, 4.69) is 17.6 Å². The molecule has 0 aliphatic rings. The van der Waals surface area contributed by atoms with Crippen molar-refractivity contribution in [2.45, 2.75) is 59.0 Å². The maximum Gasteiger partial charge on any atom is 0.243 e. The second-order valence-electron chi connectivity index (χ2n) is 7.39. The second-order valence-corrected chi connectivity index (χ2v) is 7.39. The molecule has 158 valence electrons. The molecule has 5 heteroatoms. The lowest BCUT2D eigenvalue weighted by Crippen LogP contribution is -2.21. The number of anilines is 2. The summed E-state index contributed by atoms with van der Waals surface area (Å²) in [6, 6.07) is 15.1. The number of unbranched alkanes of at least 4 members (excludes halogenated alkanes) is 4. The van der Waals surface area contributed by atoms with Crippen LogP contribution < -0.4 is 20.1 Å². The molecule has 0 fully saturated rings. The number of carbonyl (C=O) groups is 1. The van der Waals surface area contributed by atoms with Crippen LogP contribution in [0.3, 0.4) is 0 Å². The maximum atomic E-state index is 12.3. The van der Waals surface area contributed by atoms with Crippen LogP contribution in [0, 0.1) is 0 Å². The smallest absolute Gasteiger partial charge is 0.243 e. The monoisotopic (exact) mass is 398 g/mol. The molecule has 0 saturated carbocycles. The quantitative estimate of drug-likeness (QED) is 0.414. The van der Waals surface area contributed by atoms with E-state index in [9.17, 15) is 4.79 Å². The van der Waals surface area contributed by atoms with Gasteiger partial charge >= 0.3 is 0 Å². The zero-order valence-corrected chi connectivity index (χ0v) is 17.9. The molecule has 1 amide bonds. The number of nitrogens with one attached hydrogen (secondary N) is 2. The predicted molar refractivity (Wildman–Crippen MR) is 120 cm³/mol. The molecule has 0 aromatic heterocycles. The normalized spacial score (nSPS) is 10.6. The zero-order chi connectivity index (χ0) is 20.9. The van der Waals surface area contributed by atoms with E-state index in [1.54, 1.807) is 0 Å². The van der Waals surface area contributed by atoms with Crippen LogP contribution >= 0.6 is 0 Å². The van der Waals surface area contributed by atoms with Gasteiger partial charge in [0.05, 0.1) is 19.3 Å². The third-order valence-corrected chi connectivity index (χ3v) is 4.29. The Kier molecular flexibility index (Phi) is 9.90. The van der Waals surface area contributed by atoms with Crippen LogP contribution in [0.4, 0.5) is 11.4 Å². The lowest BCUT2D eigenvalue weighted by molar-refractivity contribution is -0.114. The van der Waals surface area contributed by atoms with Crippen LogP contribution in [0.2, 0.25) is 0 Å². The molecule has 2 aromatic rings. The van der Waals surface area contributed by atoms with Crippen LogP contribution in [0.1, 0.15) is 52.9 Å². The first-order valence-electron chi connectivity index (χ1n) is 10.6. The number of hydrogen-bond donors (Lipinski definition) is 2. The summed E-state index contributed by atoms with van der Waals surface area (Å²) in [6.45, 7) is 7.06. The Bertz CT molecular complexity index is 746. The molecule has 2 aromatic carbocycles. The Balaban J connectivity index is 1.76. The topological polar surface area (TPSA) is 59.6 Å². The largest absolute Gasteiger partial charge is 0.494 e. The molecule has 5 nitrogen and oxygen atoms in total. The molecule has 0 atom stereocenters. The van der Waals surface area contributed by atoms with Crippen molar-refractivity contribution in [1.29, 1.82) is 0 Å². The fourth-order valence-corrected chi connectivity index (χ4v) is 2.90. The molecule has 0 heterocycles. The van der Waals surface area contributed by atoms with Crippen LogP contribution in [0.5, 0.6) is 11.5 Å². The molecule has 2 rings (SSSR count). The van der Waals surface area contributed by atoms with Crippen molar-refractivity contribution in [2.75, 3.05) is 23.8 Å². The van der Waals surface area contributed by atoms with Gasteiger partial charge < -0.3 is 20.1 Å². The van der Waals surface area contributed by atoms with Crippen molar-refractivity contribution in [3.63, 3.8) is 0 Å². The van der Waals surface area contributed by atoms with E-state index in [1.165, 1.54) is 25.7 Å². The summed E-state index contributed by atoms with van der Waals surface area (Å²) < 4.78 is 11.5. The second kappa shape index (κ2) is 12.7. The van der Waals surface area contributed by atoms with Crippen molar-refractivity contribution < 1.29 is 14.3 Å². The molecular weight excluding hydrogens is 364 g/mol. The third kappa shape index (κ3) is 9.37. The van der Waals surface area contributed by atoms with Gasteiger partial charge in [-0.1, -0.05) is 44.7 Å². The Morgan fingerprint density at radius 3 is 2.38 bits per heavy atom. The number of benzene rings is 2. The highest BCUT2D eigenvalue weighted by Gasteiger charge is 2.05. The number of hydrogen-bond acceptors (Lipinski definition) is 4. The molecule has 0 bridgehead atoms. The van der Waals surface area contributed by atoms with E-state index >= 15 is 0 Å². The van der Waals surface area contributed by atoms with E-state index in [0.29, 0.717) is 6.61 Å². The van der Waals surface area contributed by atoms with Crippen LogP contribution in [-0.2, 0) is 4.79 Å². The highest BCUT2D eigenvalue weighted by Crippen LogP contribution is 2.19. The molecule has 0 unspecified atom stereocenters. The van der Waals surface area contributed by atoms with Gasteiger partial charge in [-0.25, -0.2) is 0 Å². The average molecular weight is 399 g/mol. The first kappa shape index (κ1) is 22.6. The van der Waals surface area contributed by atoms with Crippen molar-refractivity contribution in [1.82, 2.24) is 0 Å². The van der Waals surface area contributed by atoms with Gasteiger partial charge in [0, 0.05) is 23.5 Å². The molecular formula is C24H34N2O3. The maximum absolute atomic E-state index is 12.3. The summed E-state index contributed by atoms with van der Waals surface area (Å²) in [7, 11) is 0. The Morgan fingerprint density at radius 1 is 0.931 bits per heavy atom. The van der Waals surface area contributed by atoms with Gasteiger partial charge in [-0.15, -0.1) is 0 Å². The van der Waals surface area contributed by atoms with Crippen LogP contribution in [-0.4, -0.2) is 25.2 Å². The lowest BCUT2D eigenvalue weighted by Gasteiger charge is -2.12. The molecule has 0 aliphatic heterocycles. The van der Waals surface area contributed by atoms with E-state index in [4.69, 9.17) is 9.47 Å². The molecule has 0 radical (unpaired) electrons. The van der Waals surface area contributed by atoms with E-state index < -0.39 is 0 Å². The predicted octanol–water partition coefficient (Wildman–Crippen LogP) is 5.87. The summed E-state index contributed by atoms with van der Waals surface area (Å²) >= 11 is 0. The minimum absolute atomic E-state index is 0.111. The summed E-state index contributed by atoms with van der Waals surface area (Å²) in [5, 5.41) is 6.03. The van der Waals surface area contributed by atoms with Crippen molar-refractivity contribution in [3.05, 3.63) is 48.5 Å². The van der Waals surface area contributed by atoms with E-state index in [-0.39, 0.29) is 18.6 Å². The van der Waals surface area contributed by atoms with E-state index in [0.717, 1.165) is 29.3 Å². The first-order valence-corrected chi connectivity index (χ1v) is 10.6. The Hall–Kier alpha value is -2.69. The summed E-state index contributed by atoms with van der Waals surface area (Å²) in [6.07, 6.45) is 6.15. The van der Waals surface area contributed by atoms with Crippen LogP contribution in [0.15, 0.2) is 48.5 Å². The number of carbonyl (C=O) groups excluding carboxylic acids is 1. The number of rotatable bonds is 13. The van der Waals surface area contributed by atoms with Gasteiger partial charge in [-0.3, -0.25) is 4.79 Å². The Labute approximate surface area is 174 Å². The highest BCUT2D eigenvalue weighted by atomic mass is 16.5. The SMILES string of the molecule is CCCCCCCOc1cccc(NC(=O)CNc2cccc(OC(C)C)c2)c1. The minimum atomic E-state index is -0.114. The van der Waals surface area contributed by atoms with Gasteiger partial charge in [-0.2, -0.15) is 0 Å². The summed E-state index contributed by atoms with van der Waals surface area (Å²) in [5.74, 6) is 1.45. The number of ether oxygens (including phenoxy) is 2.